The molecule has 7 heteroatoms. The highest BCUT2D eigenvalue weighted by Crippen LogP contribution is 2.26. The van der Waals surface area contributed by atoms with Crippen molar-refractivity contribution < 1.29 is 8.42 Å². The molecule has 0 amide bonds. The summed E-state index contributed by atoms with van der Waals surface area (Å²) in [5, 5.41) is 3.98. The lowest BCUT2D eigenvalue weighted by Crippen LogP contribution is -2.12. The number of hydrogen-bond acceptors (Lipinski definition) is 4. The molecule has 0 bridgehead atoms. The van der Waals surface area contributed by atoms with Gasteiger partial charge in [-0.05, 0) is 25.3 Å². The Labute approximate surface area is 117 Å². The van der Waals surface area contributed by atoms with E-state index in [1.165, 1.54) is 24.2 Å². The van der Waals surface area contributed by atoms with Crippen LogP contribution >= 0.6 is 11.8 Å². The average molecular weight is 297 g/mol. The van der Waals surface area contributed by atoms with Crippen molar-refractivity contribution in [3.05, 3.63) is 36.7 Å². The number of anilines is 1. The summed E-state index contributed by atoms with van der Waals surface area (Å²) in [6.07, 6.45) is 4.78. The first-order valence-corrected chi connectivity index (χ1v) is 8.46. The van der Waals surface area contributed by atoms with Crippen molar-refractivity contribution in [2.45, 2.75) is 23.3 Å². The monoisotopic (exact) mass is 297 g/mol. The fraction of sp³-hybridized carbons (Fsp3) is 0.250. The number of para-hydroxylation sites is 1. The van der Waals surface area contributed by atoms with Crippen LogP contribution in [0.4, 0.5) is 5.69 Å². The topological polar surface area (TPSA) is 64.0 Å². The molecule has 0 aliphatic carbocycles. The lowest BCUT2D eigenvalue weighted by Gasteiger charge is -2.09. The van der Waals surface area contributed by atoms with Gasteiger partial charge < -0.3 is 0 Å². The fourth-order valence-electron chi connectivity index (χ4n) is 1.59. The van der Waals surface area contributed by atoms with Crippen LogP contribution in [0.3, 0.4) is 0 Å². The smallest absolute Gasteiger partial charge is 0.265 e. The van der Waals surface area contributed by atoms with Crippen LogP contribution in [0.25, 0.3) is 0 Å². The molecule has 1 heterocycles. The molecule has 1 N–H and O–H groups in total. The van der Waals surface area contributed by atoms with E-state index in [0.717, 1.165) is 4.90 Å². The minimum atomic E-state index is -3.58. The fourth-order valence-corrected chi connectivity index (χ4v) is 3.24. The van der Waals surface area contributed by atoms with Gasteiger partial charge in [0.15, 0.2) is 0 Å². The molecule has 1 aromatic heterocycles. The van der Waals surface area contributed by atoms with Gasteiger partial charge in [-0.25, -0.2) is 8.42 Å². The van der Waals surface area contributed by atoms with Gasteiger partial charge in [-0.3, -0.25) is 9.40 Å². The zero-order valence-corrected chi connectivity index (χ0v) is 12.3. The highest BCUT2D eigenvalue weighted by Gasteiger charge is 2.17. The maximum absolute atomic E-state index is 12.2. The number of thioether (sulfide) groups is 1. The number of hydrogen-bond donors (Lipinski definition) is 1. The third-order valence-corrected chi connectivity index (χ3v) is 4.71. The first-order valence-electron chi connectivity index (χ1n) is 5.75. The Morgan fingerprint density at radius 2 is 2.11 bits per heavy atom. The van der Waals surface area contributed by atoms with Crippen molar-refractivity contribution in [1.29, 1.82) is 0 Å². The summed E-state index contributed by atoms with van der Waals surface area (Å²) in [5.41, 5.74) is 0.583. The molecule has 0 unspecified atom stereocenters. The van der Waals surface area contributed by atoms with Gasteiger partial charge in [-0.2, -0.15) is 5.10 Å². The highest BCUT2D eigenvalue weighted by atomic mass is 32.2. The Bertz CT molecular complexity index is 665. The van der Waals surface area contributed by atoms with Crippen LogP contribution in [0.1, 0.15) is 6.92 Å². The van der Waals surface area contributed by atoms with E-state index in [-0.39, 0.29) is 4.90 Å². The lowest BCUT2D eigenvalue weighted by molar-refractivity contribution is 0.600. The number of aryl methyl sites for hydroxylation is 1. The van der Waals surface area contributed by atoms with Gasteiger partial charge in [-0.1, -0.05) is 12.1 Å². The molecule has 2 aromatic rings. The maximum atomic E-state index is 12.2. The van der Waals surface area contributed by atoms with Crippen molar-refractivity contribution in [2.24, 2.45) is 0 Å². The van der Waals surface area contributed by atoms with Gasteiger partial charge in [0, 0.05) is 17.6 Å². The molecule has 0 spiro atoms. The molecule has 0 radical (unpaired) electrons. The van der Waals surface area contributed by atoms with Crippen molar-refractivity contribution in [2.75, 3.05) is 11.0 Å². The van der Waals surface area contributed by atoms with E-state index in [4.69, 9.17) is 0 Å². The summed E-state index contributed by atoms with van der Waals surface area (Å²) in [6, 6.07) is 7.29. The van der Waals surface area contributed by atoms with E-state index < -0.39 is 10.0 Å². The minimum Gasteiger partial charge on any atom is -0.278 e. The first-order chi connectivity index (χ1) is 9.06. The van der Waals surface area contributed by atoms with Gasteiger partial charge in [0.25, 0.3) is 10.0 Å². The summed E-state index contributed by atoms with van der Waals surface area (Å²) in [6.45, 7) is 2.54. The first kappa shape index (κ1) is 14.0. The Kier molecular flexibility index (Phi) is 4.16. The number of rotatable bonds is 5. The van der Waals surface area contributed by atoms with Crippen LogP contribution in [0, 0.1) is 0 Å². The molecule has 0 atom stereocenters. The Morgan fingerprint density at radius 3 is 2.74 bits per heavy atom. The molecule has 0 aliphatic rings. The van der Waals surface area contributed by atoms with E-state index >= 15 is 0 Å². The van der Waals surface area contributed by atoms with E-state index in [9.17, 15) is 8.42 Å². The molecule has 5 nitrogen and oxygen atoms in total. The highest BCUT2D eigenvalue weighted by molar-refractivity contribution is 7.99. The van der Waals surface area contributed by atoms with Crippen LogP contribution in [0.5, 0.6) is 0 Å². The third-order valence-electron chi connectivity index (χ3n) is 2.60. The van der Waals surface area contributed by atoms with Gasteiger partial charge in [0.05, 0.1) is 11.9 Å². The average Bonchev–Trinajstić information content (AvgIpc) is 2.88. The molecule has 1 aromatic carbocycles. The molecule has 0 fully saturated rings. The van der Waals surface area contributed by atoms with Crippen molar-refractivity contribution in [3.63, 3.8) is 0 Å². The van der Waals surface area contributed by atoms with Gasteiger partial charge >= 0.3 is 0 Å². The lowest BCUT2D eigenvalue weighted by atomic mass is 10.3. The SMILES string of the molecule is CCn1cc(S(=O)(=O)Nc2ccccc2SC)cn1. The summed E-state index contributed by atoms with van der Waals surface area (Å²) in [5.74, 6) is 0. The molecule has 0 saturated heterocycles. The second-order valence-electron chi connectivity index (χ2n) is 3.84. The van der Waals surface area contributed by atoms with E-state index in [2.05, 4.69) is 9.82 Å². The summed E-state index contributed by atoms with van der Waals surface area (Å²) < 4.78 is 28.6. The predicted molar refractivity (Wildman–Crippen MR) is 76.9 cm³/mol. The van der Waals surface area contributed by atoms with Crippen LogP contribution in [0.2, 0.25) is 0 Å². The molecule has 102 valence electrons. The van der Waals surface area contributed by atoms with E-state index in [1.807, 2.05) is 25.3 Å². The molecular weight excluding hydrogens is 282 g/mol. The zero-order valence-electron chi connectivity index (χ0n) is 10.7. The minimum absolute atomic E-state index is 0.172. The number of sulfonamides is 1. The van der Waals surface area contributed by atoms with Crippen LogP contribution in [0.15, 0.2) is 46.5 Å². The summed E-state index contributed by atoms with van der Waals surface area (Å²) >= 11 is 1.49. The van der Waals surface area contributed by atoms with E-state index in [1.54, 1.807) is 16.8 Å². The second-order valence-corrected chi connectivity index (χ2v) is 6.37. The molecule has 2 rings (SSSR count). The Hall–Kier alpha value is -1.47. The summed E-state index contributed by atoms with van der Waals surface area (Å²) in [7, 11) is -3.58. The van der Waals surface area contributed by atoms with Gasteiger partial charge in [0.2, 0.25) is 0 Å². The van der Waals surface area contributed by atoms with Crippen molar-refractivity contribution >= 4 is 27.5 Å². The predicted octanol–water partition coefficient (Wildman–Crippen LogP) is 2.43. The Balaban J connectivity index is 2.31. The number of benzene rings is 1. The van der Waals surface area contributed by atoms with Gasteiger partial charge in [-0.15, -0.1) is 11.8 Å². The largest absolute Gasteiger partial charge is 0.278 e. The number of nitrogens with zero attached hydrogens (tertiary/aromatic N) is 2. The van der Waals surface area contributed by atoms with Gasteiger partial charge in [0.1, 0.15) is 4.90 Å². The van der Waals surface area contributed by atoms with Crippen LogP contribution in [-0.2, 0) is 16.6 Å². The summed E-state index contributed by atoms with van der Waals surface area (Å²) in [4.78, 5) is 1.05. The third kappa shape index (κ3) is 3.10. The van der Waals surface area contributed by atoms with Crippen molar-refractivity contribution in [1.82, 2.24) is 9.78 Å². The molecule has 0 aliphatic heterocycles. The number of nitrogens with one attached hydrogen (secondary N) is 1. The quantitative estimate of drug-likeness (QED) is 0.861. The maximum Gasteiger partial charge on any atom is 0.265 e. The Morgan fingerprint density at radius 1 is 1.37 bits per heavy atom. The molecule has 19 heavy (non-hydrogen) atoms. The standard InChI is InChI=1S/C12H15N3O2S2/c1-3-15-9-10(8-13-15)19(16,17)14-11-6-4-5-7-12(11)18-2/h4-9,14H,3H2,1-2H3. The normalized spacial score (nSPS) is 11.5. The molecule has 0 saturated carbocycles. The van der Waals surface area contributed by atoms with Crippen LogP contribution in [-0.4, -0.2) is 24.5 Å². The van der Waals surface area contributed by atoms with E-state index in [0.29, 0.717) is 12.2 Å². The van der Waals surface area contributed by atoms with Crippen molar-refractivity contribution in [3.8, 4) is 0 Å². The zero-order chi connectivity index (χ0) is 13.9. The molecular formula is C12H15N3O2S2. The number of aromatic nitrogens is 2. The van der Waals surface area contributed by atoms with Crippen LogP contribution < -0.4 is 4.72 Å². The second kappa shape index (κ2) is 5.66.